The van der Waals surface area contributed by atoms with Crippen LogP contribution < -0.4 is 10.6 Å². The summed E-state index contributed by atoms with van der Waals surface area (Å²) in [6.07, 6.45) is 1.79. The summed E-state index contributed by atoms with van der Waals surface area (Å²) < 4.78 is 0. The van der Waals surface area contributed by atoms with E-state index in [1.54, 1.807) is 6.20 Å². The summed E-state index contributed by atoms with van der Waals surface area (Å²) in [5.41, 5.74) is 4.45. The van der Waals surface area contributed by atoms with E-state index in [4.69, 9.17) is 0 Å². The van der Waals surface area contributed by atoms with Crippen molar-refractivity contribution in [2.75, 3.05) is 10.6 Å². The zero-order valence-electron chi connectivity index (χ0n) is 14.2. The molecule has 0 bridgehead atoms. The van der Waals surface area contributed by atoms with Gasteiger partial charge in [0.25, 0.3) is 0 Å². The van der Waals surface area contributed by atoms with Gasteiger partial charge in [0, 0.05) is 18.0 Å². The Morgan fingerprint density at radius 2 is 1.75 bits per heavy atom. The SMILES string of the molecule is Cc1ccc(Nc2cc(NCc3ccccn3)nc(C)n2)c(C)c1. The lowest BCUT2D eigenvalue weighted by atomic mass is 10.1. The number of rotatable bonds is 5. The maximum absolute atomic E-state index is 4.47. The summed E-state index contributed by atoms with van der Waals surface area (Å²) in [6.45, 7) is 6.69. The van der Waals surface area contributed by atoms with E-state index in [0.717, 1.165) is 23.0 Å². The molecule has 5 nitrogen and oxygen atoms in total. The van der Waals surface area contributed by atoms with Gasteiger partial charge < -0.3 is 10.6 Å². The van der Waals surface area contributed by atoms with Gasteiger partial charge in [0.2, 0.25) is 0 Å². The van der Waals surface area contributed by atoms with E-state index < -0.39 is 0 Å². The minimum absolute atomic E-state index is 0.625. The number of aromatic nitrogens is 3. The second-order valence-corrected chi connectivity index (χ2v) is 5.80. The van der Waals surface area contributed by atoms with Crippen molar-refractivity contribution in [1.29, 1.82) is 0 Å². The van der Waals surface area contributed by atoms with Crippen molar-refractivity contribution in [2.24, 2.45) is 0 Å². The summed E-state index contributed by atoms with van der Waals surface area (Å²) >= 11 is 0. The predicted molar refractivity (Wildman–Crippen MR) is 97.5 cm³/mol. The normalized spacial score (nSPS) is 10.5. The summed E-state index contributed by atoms with van der Waals surface area (Å²) in [5, 5.41) is 6.67. The van der Waals surface area contributed by atoms with Crippen LogP contribution in [0.2, 0.25) is 0 Å². The van der Waals surface area contributed by atoms with Crippen LogP contribution in [0.1, 0.15) is 22.6 Å². The van der Waals surface area contributed by atoms with Crippen LogP contribution in [0.3, 0.4) is 0 Å². The van der Waals surface area contributed by atoms with Gasteiger partial charge in [-0.1, -0.05) is 23.8 Å². The Morgan fingerprint density at radius 3 is 2.50 bits per heavy atom. The molecule has 0 fully saturated rings. The number of nitrogens with zero attached hydrogens (tertiary/aromatic N) is 3. The molecule has 0 unspecified atom stereocenters. The van der Waals surface area contributed by atoms with Crippen molar-refractivity contribution < 1.29 is 0 Å². The zero-order valence-corrected chi connectivity index (χ0v) is 14.2. The van der Waals surface area contributed by atoms with Crippen molar-refractivity contribution in [3.05, 3.63) is 71.3 Å². The Kier molecular flexibility index (Phi) is 4.70. The molecular weight excluding hydrogens is 298 g/mol. The van der Waals surface area contributed by atoms with Crippen molar-refractivity contribution in [3.8, 4) is 0 Å². The van der Waals surface area contributed by atoms with Crippen LogP contribution in [0.4, 0.5) is 17.3 Å². The largest absolute Gasteiger partial charge is 0.364 e. The third-order valence-corrected chi connectivity index (χ3v) is 3.66. The van der Waals surface area contributed by atoms with E-state index in [-0.39, 0.29) is 0 Å². The van der Waals surface area contributed by atoms with Crippen LogP contribution in [-0.2, 0) is 6.54 Å². The lowest BCUT2D eigenvalue weighted by molar-refractivity contribution is 0.996. The van der Waals surface area contributed by atoms with Crippen LogP contribution >= 0.6 is 0 Å². The first-order valence-electron chi connectivity index (χ1n) is 7.94. The molecule has 0 radical (unpaired) electrons. The van der Waals surface area contributed by atoms with E-state index in [1.807, 2.05) is 31.2 Å². The van der Waals surface area contributed by atoms with E-state index >= 15 is 0 Å². The molecule has 5 heteroatoms. The number of aryl methyl sites for hydroxylation is 3. The second-order valence-electron chi connectivity index (χ2n) is 5.80. The van der Waals surface area contributed by atoms with Gasteiger partial charge in [0.05, 0.1) is 12.2 Å². The van der Waals surface area contributed by atoms with E-state index in [9.17, 15) is 0 Å². The Morgan fingerprint density at radius 1 is 0.917 bits per heavy atom. The third kappa shape index (κ3) is 4.07. The molecule has 3 rings (SSSR count). The van der Waals surface area contributed by atoms with Crippen LogP contribution in [0, 0.1) is 20.8 Å². The average molecular weight is 319 g/mol. The van der Waals surface area contributed by atoms with Gasteiger partial charge in [-0.25, -0.2) is 9.97 Å². The predicted octanol–water partition coefficient (Wildman–Crippen LogP) is 4.15. The van der Waals surface area contributed by atoms with Gasteiger partial charge in [-0.3, -0.25) is 4.98 Å². The first kappa shape index (κ1) is 15.9. The van der Waals surface area contributed by atoms with Gasteiger partial charge in [0.15, 0.2) is 0 Å². The van der Waals surface area contributed by atoms with Crippen LogP contribution in [0.25, 0.3) is 0 Å². The maximum atomic E-state index is 4.47. The fourth-order valence-corrected chi connectivity index (χ4v) is 2.50. The average Bonchev–Trinajstić information content (AvgIpc) is 2.56. The highest BCUT2D eigenvalue weighted by Gasteiger charge is 2.05. The molecule has 0 atom stereocenters. The lowest BCUT2D eigenvalue weighted by Crippen LogP contribution is -2.06. The lowest BCUT2D eigenvalue weighted by Gasteiger charge is -2.12. The van der Waals surface area contributed by atoms with E-state index in [0.29, 0.717) is 12.4 Å². The number of hydrogen-bond donors (Lipinski definition) is 2. The number of pyridine rings is 1. The summed E-state index contributed by atoms with van der Waals surface area (Å²) in [5.74, 6) is 2.27. The molecule has 122 valence electrons. The fraction of sp³-hybridized carbons (Fsp3) is 0.211. The minimum atomic E-state index is 0.625. The molecule has 0 aliphatic carbocycles. The molecule has 24 heavy (non-hydrogen) atoms. The molecule has 0 spiro atoms. The molecule has 0 amide bonds. The molecular formula is C19H21N5. The van der Waals surface area contributed by atoms with Gasteiger partial charge >= 0.3 is 0 Å². The smallest absolute Gasteiger partial charge is 0.136 e. The van der Waals surface area contributed by atoms with Gasteiger partial charge in [-0.05, 0) is 44.5 Å². The first-order valence-corrected chi connectivity index (χ1v) is 7.94. The Balaban J connectivity index is 1.76. The molecule has 0 aliphatic heterocycles. The van der Waals surface area contributed by atoms with Crippen molar-refractivity contribution in [1.82, 2.24) is 15.0 Å². The molecule has 0 saturated heterocycles. The highest BCUT2D eigenvalue weighted by Crippen LogP contribution is 2.22. The summed E-state index contributed by atoms with van der Waals surface area (Å²) in [6, 6.07) is 14.1. The van der Waals surface area contributed by atoms with Gasteiger partial charge in [-0.2, -0.15) is 0 Å². The van der Waals surface area contributed by atoms with Gasteiger partial charge in [0.1, 0.15) is 17.5 Å². The van der Waals surface area contributed by atoms with Crippen molar-refractivity contribution in [3.63, 3.8) is 0 Å². The minimum Gasteiger partial charge on any atom is -0.364 e. The topological polar surface area (TPSA) is 62.7 Å². The number of anilines is 3. The Hall–Kier alpha value is -2.95. The quantitative estimate of drug-likeness (QED) is 0.739. The van der Waals surface area contributed by atoms with E-state index in [1.165, 1.54) is 11.1 Å². The first-order chi connectivity index (χ1) is 11.6. The Bertz CT molecular complexity index is 830. The Labute approximate surface area is 142 Å². The highest BCUT2D eigenvalue weighted by atomic mass is 15.1. The van der Waals surface area contributed by atoms with Crippen molar-refractivity contribution >= 4 is 17.3 Å². The molecule has 2 N–H and O–H groups in total. The number of nitrogens with one attached hydrogen (secondary N) is 2. The second kappa shape index (κ2) is 7.08. The number of benzene rings is 1. The molecule has 1 aromatic carbocycles. The molecule has 3 aromatic rings. The molecule has 0 aliphatic rings. The van der Waals surface area contributed by atoms with E-state index in [2.05, 4.69) is 57.6 Å². The zero-order chi connectivity index (χ0) is 16.9. The van der Waals surface area contributed by atoms with Crippen LogP contribution in [0.15, 0.2) is 48.7 Å². The highest BCUT2D eigenvalue weighted by molar-refractivity contribution is 5.62. The fourth-order valence-electron chi connectivity index (χ4n) is 2.50. The monoisotopic (exact) mass is 319 g/mol. The molecule has 2 aromatic heterocycles. The maximum Gasteiger partial charge on any atom is 0.136 e. The summed E-state index contributed by atoms with van der Waals surface area (Å²) in [7, 11) is 0. The number of hydrogen-bond acceptors (Lipinski definition) is 5. The molecule has 2 heterocycles. The third-order valence-electron chi connectivity index (χ3n) is 3.66. The molecule has 0 saturated carbocycles. The van der Waals surface area contributed by atoms with Gasteiger partial charge in [-0.15, -0.1) is 0 Å². The standard InChI is InChI=1S/C19H21N5/c1-13-7-8-17(14(2)10-13)24-19-11-18(22-15(3)23-19)21-12-16-6-4-5-9-20-16/h4-11H,12H2,1-3H3,(H2,21,22,23,24). The van der Waals surface area contributed by atoms with Crippen molar-refractivity contribution in [2.45, 2.75) is 27.3 Å². The summed E-state index contributed by atoms with van der Waals surface area (Å²) in [4.78, 5) is 13.2. The van der Waals surface area contributed by atoms with Crippen LogP contribution in [0.5, 0.6) is 0 Å². The van der Waals surface area contributed by atoms with Crippen LogP contribution in [-0.4, -0.2) is 15.0 Å².